The number of para-hydroxylation sites is 1. The Morgan fingerprint density at radius 2 is 1.87 bits per heavy atom. The van der Waals surface area contributed by atoms with Crippen molar-refractivity contribution in [3.05, 3.63) is 30.3 Å². The summed E-state index contributed by atoms with van der Waals surface area (Å²) in [7, 11) is 0. The zero-order valence-electron chi connectivity index (χ0n) is 9.54. The molecule has 0 aliphatic rings. The minimum atomic E-state index is 0.817. The lowest BCUT2D eigenvalue weighted by Crippen LogP contribution is -2.16. The van der Waals surface area contributed by atoms with Gasteiger partial charge in [-0.05, 0) is 44.5 Å². The van der Waals surface area contributed by atoms with Gasteiger partial charge in [0, 0.05) is 0 Å². The quantitative estimate of drug-likeness (QED) is 0.662. The van der Waals surface area contributed by atoms with E-state index in [0.717, 1.165) is 31.9 Å². The highest BCUT2D eigenvalue weighted by Gasteiger charge is 1.91. The van der Waals surface area contributed by atoms with Crippen molar-refractivity contribution in [3.63, 3.8) is 0 Å². The van der Waals surface area contributed by atoms with Gasteiger partial charge >= 0.3 is 0 Å². The van der Waals surface area contributed by atoms with Gasteiger partial charge in [-0.1, -0.05) is 25.1 Å². The fraction of sp³-hybridized carbons (Fsp3) is 0.538. The second-order valence-electron chi connectivity index (χ2n) is 3.62. The first kappa shape index (κ1) is 12.1. The van der Waals surface area contributed by atoms with E-state index in [1.807, 2.05) is 30.3 Å². The Morgan fingerprint density at radius 1 is 1.07 bits per heavy atom. The Labute approximate surface area is 92.6 Å². The van der Waals surface area contributed by atoms with Crippen LogP contribution in [0.2, 0.25) is 0 Å². The Hall–Kier alpha value is -1.02. The fourth-order valence-corrected chi connectivity index (χ4v) is 1.36. The summed E-state index contributed by atoms with van der Waals surface area (Å²) in [5.74, 6) is 0.971. The molecule has 0 aliphatic heterocycles. The number of benzene rings is 1. The van der Waals surface area contributed by atoms with Gasteiger partial charge in [-0.25, -0.2) is 0 Å². The highest BCUT2D eigenvalue weighted by atomic mass is 16.5. The van der Waals surface area contributed by atoms with Crippen molar-refractivity contribution in [2.75, 3.05) is 19.7 Å². The highest BCUT2D eigenvalue weighted by Crippen LogP contribution is 2.08. The van der Waals surface area contributed by atoms with Gasteiger partial charge in [0.2, 0.25) is 0 Å². The third kappa shape index (κ3) is 6.13. The SMILES string of the molecule is CCCNCCCCOc1ccccc1. The Bertz CT molecular complexity index is 236. The standard InChI is InChI=1S/C13H21NO/c1-2-10-14-11-6-7-12-15-13-8-4-3-5-9-13/h3-5,8-9,14H,2,6-7,10-12H2,1H3. The second kappa shape index (κ2) is 8.30. The Kier molecular flexibility index (Phi) is 6.67. The molecule has 0 unspecified atom stereocenters. The first-order valence-corrected chi connectivity index (χ1v) is 5.82. The number of nitrogens with one attached hydrogen (secondary N) is 1. The molecule has 0 radical (unpaired) electrons. The van der Waals surface area contributed by atoms with Gasteiger partial charge in [0.1, 0.15) is 5.75 Å². The van der Waals surface area contributed by atoms with E-state index in [-0.39, 0.29) is 0 Å². The summed E-state index contributed by atoms with van der Waals surface area (Å²) in [5.41, 5.74) is 0. The molecule has 2 heteroatoms. The van der Waals surface area contributed by atoms with Crippen molar-refractivity contribution in [3.8, 4) is 5.75 Å². The number of hydrogen-bond donors (Lipinski definition) is 1. The van der Waals surface area contributed by atoms with Gasteiger partial charge in [0.05, 0.1) is 6.61 Å². The van der Waals surface area contributed by atoms with Crippen LogP contribution in [-0.2, 0) is 0 Å². The van der Waals surface area contributed by atoms with Crippen LogP contribution in [0.5, 0.6) is 5.75 Å². The van der Waals surface area contributed by atoms with Crippen LogP contribution in [-0.4, -0.2) is 19.7 Å². The molecule has 0 heterocycles. The Balaban J connectivity index is 1.93. The van der Waals surface area contributed by atoms with E-state index in [1.165, 1.54) is 12.8 Å². The summed E-state index contributed by atoms with van der Waals surface area (Å²) < 4.78 is 5.58. The molecule has 1 aromatic rings. The molecule has 0 fully saturated rings. The molecule has 0 saturated carbocycles. The molecule has 15 heavy (non-hydrogen) atoms. The maximum absolute atomic E-state index is 5.58. The lowest BCUT2D eigenvalue weighted by molar-refractivity contribution is 0.306. The topological polar surface area (TPSA) is 21.3 Å². The van der Waals surface area contributed by atoms with E-state index in [0.29, 0.717) is 0 Å². The van der Waals surface area contributed by atoms with Crippen molar-refractivity contribution >= 4 is 0 Å². The normalized spacial score (nSPS) is 10.2. The number of ether oxygens (including phenoxy) is 1. The van der Waals surface area contributed by atoms with E-state index < -0.39 is 0 Å². The molecule has 1 aromatic carbocycles. The number of unbranched alkanes of at least 4 members (excludes halogenated alkanes) is 1. The lowest BCUT2D eigenvalue weighted by atomic mass is 10.3. The molecule has 0 aromatic heterocycles. The van der Waals surface area contributed by atoms with E-state index in [1.54, 1.807) is 0 Å². The van der Waals surface area contributed by atoms with Crippen LogP contribution in [0.15, 0.2) is 30.3 Å². The number of rotatable bonds is 8. The van der Waals surface area contributed by atoms with Crippen LogP contribution in [0.1, 0.15) is 26.2 Å². The molecule has 2 nitrogen and oxygen atoms in total. The molecule has 0 amide bonds. The summed E-state index contributed by atoms with van der Waals surface area (Å²) in [5, 5.41) is 3.38. The van der Waals surface area contributed by atoms with Crippen LogP contribution >= 0.6 is 0 Å². The summed E-state index contributed by atoms with van der Waals surface area (Å²) in [6.45, 7) is 5.23. The summed E-state index contributed by atoms with van der Waals surface area (Å²) in [4.78, 5) is 0. The lowest BCUT2D eigenvalue weighted by Gasteiger charge is -2.06. The minimum Gasteiger partial charge on any atom is -0.494 e. The highest BCUT2D eigenvalue weighted by molar-refractivity contribution is 5.20. The summed E-state index contributed by atoms with van der Waals surface area (Å²) in [6.07, 6.45) is 3.51. The molecule has 0 aliphatic carbocycles. The van der Waals surface area contributed by atoms with E-state index in [2.05, 4.69) is 12.2 Å². The molecule has 84 valence electrons. The largest absolute Gasteiger partial charge is 0.494 e. The van der Waals surface area contributed by atoms with Crippen molar-refractivity contribution < 1.29 is 4.74 Å². The van der Waals surface area contributed by atoms with Crippen molar-refractivity contribution in [1.29, 1.82) is 0 Å². The molecule has 0 spiro atoms. The number of hydrogen-bond acceptors (Lipinski definition) is 2. The average molecular weight is 207 g/mol. The molecule has 1 N–H and O–H groups in total. The molecule has 0 saturated heterocycles. The van der Waals surface area contributed by atoms with Crippen LogP contribution in [0, 0.1) is 0 Å². The second-order valence-corrected chi connectivity index (χ2v) is 3.62. The molecule has 0 bridgehead atoms. The van der Waals surface area contributed by atoms with Crippen LogP contribution in [0.4, 0.5) is 0 Å². The van der Waals surface area contributed by atoms with Crippen molar-refractivity contribution in [2.24, 2.45) is 0 Å². The van der Waals surface area contributed by atoms with Crippen LogP contribution in [0.3, 0.4) is 0 Å². The fourth-order valence-electron chi connectivity index (χ4n) is 1.36. The molecule has 1 rings (SSSR count). The van der Waals surface area contributed by atoms with Crippen LogP contribution in [0.25, 0.3) is 0 Å². The maximum atomic E-state index is 5.58. The predicted molar refractivity (Wildman–Crippen MR) is 64.3 cm³/mol. The van der Waals surface area contributed by atoms with Gasteiger partial charge in [0.15, 0.2) is 0 Å². The van der Waals surface area contributed by atoms with Crippen molar-refractivity contribution in [1.82, 2.24) is 5.32 Å². The van der Waals surface area contributed by atoms with Gasteiger partial charge in [-0.3, -0.25) is 0 Å². The zero-order valence-corrected chi connectivity index (χ0v) is 9.54. The third-order valence-electron chi connectivity index (χ3n) is 2.19. The summed E-state index contributed by atoms with van der Waals surface area (Å²) in [6, 6.07) is 9.99. The monoisotopic (exact) mass is 207 g/mol. The van der Waals surface area contributed by atoms with Gasteiger partial charge < -0.3 is 10.1 Å². The molecular formula is C13H21NO. The predicted octanol–water partition coefficient (Wildman–Crippen LogP) is 2.85. The molecular weight excluding hydrogens is 186 g/mol. The van der Waals surface area contributed by atoms with E-state index >= 15 is 0 Å². The maximum Gasteiger partial charge on any atom is 0.119 e. The minimum absolute atomic E-state index is 0.817. The van der Waals surface area contributed by atoms with Gasteiger partial charge in [-0.15, -0.1) is 0 Å². The van der Waals surface area contributed by atoms with Crippen molar-refractivity contribution in [2.45, 2.75) is 26.2 Å². The first-order valence-electron chi connectivity index (χ1n) is 5.82. The van der Waals surface area contributed by atoms with Gasteiger partial charge in [0.25, 0.3) is 0 Å². The first-order chi connectivity index (χ1) is 7.43. The average Bonchev–Trinajstić information content (AvgIpc) is 2.29. The van der Waals surface area contributed by atoms with Gasteiger partial charge in [-0.2, -0.15) is 0 Å². The van der Waals surface area contributed by atoms with E-state index in [4.69, 9.17) is 4.74 Å². The van der Waals surface area contributed by atoms with Crippen LogP contribution < -0.4 is 10.1 Å². The Morgan fingerprint density at radius 3 is 2.60 bits per heavy atom. The smallest absolute Gasteiger partial charge is 0.119 e. The zero-order chi connectivity index (χ0) is 10.8. The molecule has 0 atom stereocenters. The van der Waals surface area contributed by atoms with E-state index in [9.17, 15) is 0 Å². The summed E-state index contributed by atoms with van der Waals surface area (Å²) >= 11 is 0. The third-order valence-corrected chi connectivity index (χ3v) is 2.19.